The first-order valence-corrected chi connectivity index (χ1v) is 15.3. The monoisotopic (exact) mass is 594 g/mol. The molecule has 0 saturated heterocycles. The van der Waals surface area contributed by atoms with Gasteiger partial charge in [0.1, 0.15) is 0 Å². The summed E-state index contributed by atoms with van der Waals surface area (Å²) in [5.74, 6) is -0.348. The summed E-state index contributed by atoms with van der Waals surface area (Å²) in [6.45, 7) is 0.853. The van der Waals surface area contributed by atoms with Crippen molar-refractivity contribution >= 4 is 39.0 Å². The van der Waals surface area contributed by atoms with E-state index in [-0.39, 0.29) is 53.6 Å². The van der Waals surface area contributed by atoms with E-state index in [1.54, 1.807) is 0 Å². The Labute approximate surface area is 280 Å². The number of benzene rings is 7. The lowest BCUT2D eigenvalue weighted by Crippen LogP contribution is -2.15. The van der Waals surface area contributed by atoms with E-state index in [9.17, 15) is 1.37 Å². The Kier molecular flexibility index (Phi) is 5.40. The molecule has 46 heavy (non-hydrogen) atoms. The normalized spacial score (nSPS) is 17.0. The number of rotatable bonds is 7. The maximum Gasteiger partial charge on any atom is 0.0648 e. The van der Waals surface area contributed by atoms with Crippen molar-refractivity contribution in [2.45, 2.75) is 5.92 Å². The minimum Gasteiger partial charge on any atom is -0.311 e. The van der Waals surface area contributed by atoms with E-state index in [4.69, 9.17) is 8.22 Å². The molecule has 7 aromatic carbocycles. The molecule has 0 aromatic heterocycles. The maximum atomic E-state index is 9.85. The maximum absolute atomic E-state index is 9.85. The molecule has 1 unspecified atom stereocenters. The van der Waals surface area contributed by atoms with Crippen LogP contribution >= 0.6 is 0 Å². The number of fused-ring (bicyclic) bond motifs is 4. The van der Waals surface area contributed by atoms with E-state index in [0.29, 0.717) is 11.3 Å². The third-order valence-electron chi connectivity index (χ3n) is 8.64. The number of para-hydroxylation sites is 1. The van der Waals surface area contributed by atoms with Crippen LogP contribution in [0.4, 0.5) is 11.4 Å². The average molecular weight is 595 g/mol. The van der Waals surface area contributed by atoms with E-state index in [1.165, 1.54) is 4.90 Å². The van der Waals surface area contributed by atoms with E-state index in [0.717, 1.165) is 62.0 Å². The highest BCUT2D eigenvalue weighted by molar-refractivity contribution is 6.13. The lowest BCUT2D eigenvalue weighted by molar-refractivity contribution is 1.000. The van der Waals surface area contributed by atoms with Crippen LogP contribution in [-0.2, 0) is 0 Å². The van der Waals surface area contributed by atoms with Gasteiger partial charge in [-0.25, -0.2) is 0 Å². The first-order valence-electron chi connectivity index (χ1n) is 18.8. The van der Waals surface area contributed by atoms with Crippen molar-refractivity contribution in [1.29, 1.82) is 0 Å². The van der Waals surface area contributed by atoms with Crippen LogP contribution in [0.5, 0.6) is 0 Å². The van der Waals surface area contributed by atoms with Gasteiger partial charge in [0.15, 0.2) is 0 Å². The quantitative estimate of drug-likeness (QED) is 0.131. The number of hydrogen-bond acceptors (Lipinski definition) is 1. The highest BCUT2D eigenvalue weighted by atomic mass is 15.1. The fourth-order valence-electron chi connectivity index (χ4n) is 6.57. The minimum absolute atomic E-state index is 0.0316. The lowest BCUT2D eigenvalue weighted by Gasteiger charge is -2.27. The number of nitrogens with zero attached hydrogens (tertiary/aromatic N) is 1. The molecule has 0 spiro atoms. The van der Waals surface area contributed by atoms with Crippen molar-refractivity contribution in [3.63, 3.8) is 0 Å². The van der Waals surface area contributed by atoms with Gasteiger partial charge in [0, 0.05) is 23.0 Å². The molecule has 0 radical (unpaired) electrons. The standard InChI is InChI=1S/C45H33N/c1-2-37(30-36-29-34-17-10-12-22-41(34)45(36)33-15-5-3-6-16-33)46(38-19-7-4-8-20-38)39-27-25-32(26-28-39)44-31-35-18-9-11-21-40(35)42-23-13-14-24-43(42)44/h2-31,45H,1H2/b37-30+/i1D,2D,7D,8D,19D,20D,30D/b2-1?,37-30+. The topological polar surface area (TPSA) is 3.24 Å². The van der Waals surface area contributed by atoms with Crippen LogP contribution in [0.3, 0.4) is 0 Å². The van der Waals surface area contributed by atoms with Gasteiger partial charge in [-0.05, 0) is 97.3 Å². The zero-order chi connectivity index (χ0) is 36.8. The summed E-state index contributed by atoms with van der Waals surface area (Å²) in [7, 11) is 0. The minimum atomic E-state index is -0.348. The van der Waals surface area contributed by atoms with Gasteiger partial charge in [-0.1, -0.05) is 146 Å². The highest BCUT2D eigenvalue weighted by Crippen LogP contribution is 2.43. The Morgan fingerprint density at radius 3 is 2.20 bits per heavy atom. The Hall–Kier alpha value is -5.92. The summed E-state index contributed by atoms with van der Waals surface area (Å²) in [6.07, 6.45) is 1.93. The Bertz CT molecular complexity index is 2620. The third kappa shape index (κ3) is 4.93. The van der Waals surface area contributed by atoms with Gasteiger partial charge in [-0.3, -0.25) is 0 Å². The van der Waals surface area contributed by atoms with E-state index < -0.39 is 0 Å². The summed E-state index contributed by atoms with van der Waals surface area (Å²) in [6, 6.07) is 43.6. The lowest BCUT2D eigenvalue weighted by atomic mass is 9.88. The molecule has 0 amide bonds. The fourth-order valence-corrected chi connectivity index (χ4v) is 6.57. The second kappa shape index (κ2) is 11.9. The SMILES string of the molecule is [2H]C=C([2H])/C(=C(/[2H])C1=Cc2ccccc2C1c1ccccc1)N(c1ccc(-c2cc3ccccc3c3ccccc23)cc1)c1c([2H])c([2H])cc([2H])c1[2H]. The molecular formula is C45H33N. The molecule has 8 rings (SSSR count). The van der Waals surface area contributed by atoms with Crippen molar-refractivity contribution in [3.8, 4) is 11.1 Å². The van der Waals surface area contributed by atoms with Crippen LogP contribution in [0.25, 0.3) is 38.7 Å². The molecular weight excluding hydrogens is 555 g/mol. The van der Waals surface area contributed by atoms with E-state index >= 15 is 0 Å². The second-order valence-corrected chi connectivity index (χ2v) is 11.3. The van der Waals surface area contributed by atoms with Crippen LogP contribution in [0.1, 0.15) is 32.2 Å². The molecule has 1 nitrogen and oxygen atoms in total. The molecule has 0 bridgehead atoms. The molecule has 0 N–H and O–H groups in total. The Balaban J connectivity index is 1.36. The Morgan fingerprint density at radius 2 is 1.39 bits per heavy atom. The molecule has 1 heteroatoms. The van der Waals surface area contributed by atoms with Crippen LogP contribution < -0.4 is 4.90 Å². The van der Waals surface area contributed by atoms with Crippen LogP contribution in [0.15, 0.2) is 194 Å². The van der Waals surface area contributed by atoms with Gasteiger partial charge in [-0.15, -0.1) is 0 Å². The summed E-state index contributed by atoms with van der Waals surface area (Å²) < 4.78 is 62.4. The van der Waals surface area contributed by atoms with Crippen LogP contribution in [-0.4, -0.2) is 0 Å². The van der Waals surface area contributed by atoms with Gasteiger partial charge in [0.2, 0.25) is 0 Å². The van der Waals surface area contributed by atoms with E-state index in [1.807, 2.05) is 109 Å². The zero-order valence-electron chi connectivity index (χ0n) is 32.0. The largest absolute Gasteiger partial charge is 0.311 e. The molecule has 0 heterocycles. The average Bonchev–Trinajstić information content (AvgIpc) is 3.59. The molecule has 1 aliphatic rings. The van der Waals surface area contributed by atoms with Crippen LogP contribution in [0, 0.1) is 0 Å². The Morgan fingerprint density at radius 1 is 0.696 bits per heavy atom. The first kappa shape index (κ1) is 20.9. The van der Waals surface area contributed by atoms with Gasteiger partial charge in [0.25, 0.3) is 0 Å². The van der Waals surface area contributed by atoms with Gasteiger partial charge in [0.05, 0.1) is 9.60 Å². The number of allylic oxidation sites excluding steroid dienone is 3. The zero-order valence-corrected chi connectivity index (χ0v) is 25.0. The fraction of sp³-hybridized carbons (Fsp3) is 0.0222. The third-order valence-corrected chi connectivity index (χ3v) is 8.64. The summed E-state index contributed by atoms with van der Waals surface area (Å²) in [4.78, 5) is 1.45. The second-order valence-electron chi connectivity index (χ2n) is 11.3. The summed E-state index contributed by atoms with van der Waals surface area (Å²) >= 11 is 0. The molecule has 0 saturated carbocycles. The smallest absolute Gasteiger partial charge is 0.0648 e. The highest BCUT2D eigenvalue weighted by Gasteiger charge is 2.26. The first-order chi connectivity index (χ1) is 25.8. The van der Waals surface area contributed by atoms with Crippen LogP contribution in [0.2, 0.25) is 0 Å². The van der Waals surface area contributed by atoms with Crippen molar-refractivity contribution in [2.75, 3.05) is 4.90 Å². The van der Waals surface area contributed by atoms with Gasteiger partial charge < -0.3 is 4.90 Å². The molecule has 0 fully saturated rings. The van der Waals surface area contributed by atoms with Crippen molar-refractivity contribution < 1.29 is 9.60 Å². The molecule has 1 atom stereocenters. The number of anilines is 2. The molecule has 218 valence electrons. The van der Waals surface area contributed by atoms with Crippen molar-refractivity contribution in [1.82, 2.24) is 0 Å². The predicted octanol–water partition coefficient (Wildman–Crippen LogP) is 12.1. The molecule has 7 aromatic rings. The van der Waals surface area contributed by atoms with Crippen molar-refractivity contribution in [2.24, 2.45) is 0 Å². The molecule has 1 aliphatic carbocycles. The van der Waals surface area contributed by atoms with E-state index in [2.05, 4.69) is 30.3 Å². The summed E-state index contributed by atoms with van der Waals surface area (Å²) in [5.41, 5.74) is 5.70. The summed E-state index contributed by atoms with van der Waals surface area (Å²) in [5, 5.41) is 4.46. The predicted molar refractivity (Wildman–Crippen MR) is 196 cm³/mol. The van der Waals surface area contributed by atoms with Gasteiger partial charge in [-0.2, -0.15) is 0 Å². The van der Waals surface area contributed by atoms with Crippen molar-refractivity contribution in [3.05, 3.63) is 210 Å². The number of hydrogen-bond donors (Lipinski definition) is 0. The van der Waals surface area contributed by atoms with Gasteiger partial charge >= 0.3 is 0 Å². The molecule has 0 aliphatic heterocycles.